The molecule has 4 nitrogen and oxygen atoms in total. The molecule has 1 amide bonds. The molecule has 106 valence electrons. The number of thiophene rings is 1. The van der Waals surface area contributed by atoms with Crippen LogP contribution >= 0.6 is 11.3 Å². The van der Waals surface area contributed by atoms with Gasteiger partial charge in [0.05, 0.1) is 22.7 Å². The fraction of sp³-hybridized carbons (Fsp3) is 0.133. The summed E-state index contributed by atoms with van der Waals surface area (Å²) in [5.74, 6) is -2.38. The highest BCUT2D eigenvalue weighted by Crippen LogP contribution is 2.33. The van der Waals surface area contributed by atoms with Crippen molar-refractivity contribution in [2.24, 2.45) is 0 Å². The number of nitrogens with zero attached hydrogens (tertiary/aromatic N) is 1. The summed E-state index contributed by atoms with van der Waals surface area (Å²) in [6.07, 6.45) is 0. The van der Waals surface area contributed by atoms with Gasteiger partial charge in [0.15, 0.2) is 5.78 Å². The highest BCUT2D eigenvalue weighted by Gasteiger charge is 2.38. The average molecular weight is 303 g/mol. The number of anilines is 1. The maximum Gasteiger partial charge on any atom is 0.299 e. The van der Waals surface area contributed by atoms with Gasteiger partial charge < -0.3 is 0 Å². The summed E-state index contributed by atoms with van der Waals surface area (Å²) in [5, 5.41) is 1.76. The smallest absolute Gasteiger partial charge is 0.297 e. The molecule has 6 heteroatoms. The van der Waals surface area contributed by atoms with Gasteiger partial charge in [0, 0.05) is 0 Å². The lowest BCUT2D eigenvalue weighted by atomic mass is 10.1. The van der Waals surface area contributed by atoms with Gasteiger partial charge in [-0.15, -0.1) is 11.3 Å². The number of carbonyl (C=O) groups is 3. The van der Waals surface area contributed by atoms with Crippen molar-refractivity contribution in [1.29, 1.82) is 0 Å². The fourth-order valence-corrected chi connectivity index (χ4v) is 3.07. The van der Waals surface area contributed by atoms with Crippen LogP contribution in [-0.4, -0.2) is 24.0 Å². The first-order valence-corrected chi connectivity index (χ1v) is 7.10. The van der Waals surface area contributed by atoms with E-state index >= 15 is 0 Å². The van der Waals surface area contributed by atoms with Crippen molar-refractivity contribution in [3.8, 4) is 0 Å². The lowest BCUT2D eigenvalue weighted by Gasteiger charge is -2.17. The molecule has 0 saturated carbocycles. The van der Waals surface area contributed by atoms with E-state index in [1.54, 1.807) is 24.4 Å². The lowest BCUT2D eigenvalue weighted by Crippen LogP contribution is -2.34. The van der Waals surface area contributed by atoms with Gasteiger partial charge >= 0.3 is 0 Å². The van der Waals surface area contributed by atoms with Crippen LogP contribution in [0.1, 0.15) is 25.6 Å². The zero-order valence-electron chi connectivity index (χ0n) is 11.1. The molecule has 0 aliphatic carbocycles. The van der Waals surface area contributed by atoms with Crippen molar-refractivity contribution >= 4 is 34.5 Å². The average Bonchev–Trinajstić information content (AvgIpc) is 3.03. The second-order valence-corrected chi connectivity index (χ2v) is 5.69. The molecule has 0 unspecified atom stereocenters. The molecule has 1 aliphatic heterocycles. The van der Waals surface area contributed by atoms with Gasteiger partial charge in [0.1, 0.15) is 5.82 Å². The Morgan fingerprint density at radius 1 is 1.33 bits per heavy atom. The van der Waals surface area contributed by atoms with Crippen LogP contribution in [-0.2, 0) is 4.79 Å². The molecule has 0 spiro atoms. The maximum atomic E-state index is 13.4. The first kappa shape index (κ1) is 13.6. The summed E-state index contributed by atoms with van der Waals surface area (Å²) in [6, 6.07) is 5.68. The Hall–Kier alpha value is -2.34. The van der Waals surface area contributed by atoms with Crippen LogP contribution in [0.5, 0.6) is 0 Å². The SMILES string of the molecule is Cc1cc(F)cc2c1N(CC(=O)c1cccs1)C(=O)C2=O. The van der Waals surface area contributed by atoms with Crippen LogP contribution in [0.15, 0.2) is 29.6 Å². The van der Waals surface area contributed by atoms with E-state index in [4.69, 9.17) is 0 Å². The molecule has 0 saturated heterocycles. The van der Waals surface area contributed by atoms with Crippen LogP contribution in [0.4, 0.5) is 10.1 Å². The minimum Gasteiger partial charge on any atom is -0.297 e. The molecular weight excluding hydrogens is 293 g/mol. The Labute approximate surface area is 123 Å². The first-order chi connectivity index (χ1) is 9.99. The number of carbonyl (C=O) groups excluding carboxylic acids is 3. The van der Waals surface area contributed by atoms with Gasteiger partial charge in [-0.05, 0) is 36.1 Å². The third kappa shape index (κ3) is 2.17. The summed E-state index contributed by atoms with van der Waals surface area (Å²) in [6.45, 7) is 1.39. The highest BCUT2D eigenvalue weighted by atomic mass is 32.1. The maximum absolute atomic E-state index is 13.4. The molecular formula is C15H10FNO3S. The number of rotatable bonds is 3. The number of halogens is 1. The Morgan fingerprint density at radius 2 is 2.10 bits per heavy atom. The number of hydrogen-bond donors (Lipinski definition) is 0. The molecule has 0 radical (unpaired) electrons. The number of benzene rings is 1. The minimum absolute atomic E-state index is 0.0245. The first-order valence-electron chi connectivity index (χ1n) is 6.22. The minimum atomic E-state index is -0.788. The monoisotopic (exact) mass is 303 g/mol. The number of ketones is 2. The van der Waals surface area contributed by atoms with Crippen LogP contribution in [0.2, 0.25) is 0 Å². The van der Waals surface area contributed by atoms with Crippen molar-refractivity contribution < 1.29 is 18.8 Å². The third-order valence-electron chi connectivity index (χ3n) is 3.32. The van der Waals surface area contributed by atoms with Crippen molar-refractivity contribution in [3.63, 3.8) is 0 Å². The normalized spacial score (nSPS) is 13.7. The van der Waals surface area contributed by atoms with Gasteiger partial charge in [-0.25, -0.2) is 4.39 Å². The van der Waals surface area contributed by atoms with Gasteiger partial charge in [-0.2, -0.15) is 0 Å². The molecule has 1 aromatic carbocycles. The Kier molecular flexibility index (Phi) is 3.17. The molecule has 3 rings (SSSR count). The van der Waals surface area contributed by atoms with E-state index < -0.39 is 17.5 Å². The van der Waals surface area contributed by atoms with Gasteiger partial charge in [-0.3, -0.25) is 19.3 Å². The Morgan fingerprint density at radius 3 is 2.76 bits per heavy atom. The number of fused-ring (bicyclic) bond motifs is 1. The predicted molar refractivity (Wildman–Crippen MR) is 76.5 cm³/mol. The predicted octanol–water partition coefficient (Wildman–Crippen LogP) is 2.61. The van der Waals surface area contributed by atoms with Crippen LogP contribution < -0.4 is 4.90 Å². The van der Waals surface area contributed by atoms with E-state index in [2.05, 4.69) is 0 Å². The van der Waals surface area contributed by atoms with E-state index in [1.165, 1.54) is 17.4 Å². The van der Waals surface area contributed by atoms with E-state index in [-0.39, 0.29) is 17.9 Å². The molecule has 0 N–H and O–H groups in total. The fourth-order valence-electron chi connectivity index (χ4n) is 2.42. The lowest BCUT2D eigenvalue weighted by molar-refractivity contribution is -0.114. The van der Waals surface area contributed by atoms with Gasteiger partial charge in [0.25, 0.3) is 11.7 Å². The number of aryl methyl sites for hydroxylation is 1. The third-order valence-corrected chi connectivity index (χ3v) is 4.23. The van der Waals surface area contributed by atoms with E-state index in [0.29, 0.717) is 16.1 Å². The van der Waals surface area contributed by atoms with Crippen LogP contribution in [0.25, 0.3) is 0 Å². The van der Waals surface area contributed by atoms with Crippen molar-refractivity contribution in [3.05, 3.63) is 51.5 Å². The van der Waals surface area contributed by atoms with Gasteiger partial charge in [-0.1, -0.05) is 6.07 Å². The summed E-state index contributed by atoms with van der Waals surface area (Å²) in [7, 11) is 0. The molecule has 0 bridgehead atoms. The van der Waals surface area contributed by atoms with Crippen LogP contribution in [0, 0.1) is 12.7 Å². The number of hydrogen-bond acceptors (Lipinski definition) is 4. The summed E-state index contributed by atoms with van der Waals surface area (Å²) in [4.78, 5) is 37.7. The highest BCUT2D eigenvalue weighted by molar-refractivity contribution is 7.12. The van der Waals surface area contributed by atoms with Crippen molar-refractivity contribution in [2.75, 3.05) is 11.4 Å². The van der Waals surface area contributed by atoms with Gasteiger partial charge in [0.2, 0.25) is 0 Å². The van der Waals surface area contributed by atoms with Crippen molar-refractivity contribution in [2.45, 2.75) is 6.92 Å². The molecule has 2 heterocycles. The van der Waals surface area contributed by atoms with Crippen LogP contribution in [0.3, 0.4) is 0 Å². The molecule has 0 atom stereocenters. The van der Waals surface area contributed by atoms with E-state index in [1.807, 2.05) is 0 Å². The van der Waals surface area contributed by atoms with E-state index in [0.717, 1.165) is 11.0 Å². The zero-order chi connectivity index (χ0) is 15.1. The second kappa shape index (κ2) is 4.89. The van der Waals surface area contributed by atoms with Crippen molar-refractivity contribution in [1.82, 2.24) is 0 Å². The molecule has 21 heavy (non-hydrogen) atoms. The summed E-state index contributed by atoms with van der Waals surface area (Å²) in [5.41, 5.74) is 0.816. The topological polar surface area (TPSA) is 54.5 Å². The molecule has 2 aromatic rings. The quantitative estimate of drug-likeness (QED) is 0.647. The Bertz CT molecular complexity index is 767. The Balaban J connectivity index is 2.00. The summed E-state index contributed by atoms with van der Waals surface area (Å²) < 4.78 is 13.4. The second-order valence-electron chi connectivity index (χ2n) is 4.74. The largest absolute Gasteiger partial charge is 0.299 e. The molecule has 1 aliphatic rings. The summed E-state index contributed by atoms with van der Waals surface area (Å²) >= 11 is 1.27. The van der Waals surface area contributed by atoms with E-state index in [9.17, 15) is 18.8 Å². The molecule has 0 fully saturated rings. The number of amides is 1. The number of Topliss-reactive ketones (excluding diaryl/α,β-unsaturated/α-hetero) is 2. The zero-order valence-corrected chi connectivity index (χ0v) is 11.9. The standard InChI is InChI=1S/C15H10FNO3S/c1-8-5-9(16)6-10-13(8)17(15(20)14(10)19)7-11(18)12-3-2-4-21-12/h2-6H,7H2,1H3. The molecule has 1 aromatic heterocycles.